The van der Waals surface area contributed by atoms with Crippen LogP contribution in [-0.4, -0.2) is 26.2 Å². The van der Waals surface area contributed by atoms with E-state index in [4.69, 9.17) is 0 Å². The first-order valence-electron chi connectivity index (χ1n) is 7.82. The van der Waals surface area contributed by atoms with Gasteiger partial charge >= 0.3 is 0 Å². The van der Waals surface area contributed by atoms with Crippen LogP contribution < -0.4 is 10.2 Å². The van der Waals surface area contributed by atoms with Crippen LogP contribution in [0.2, 0.25) is 0 Å². The highest BCUT2D eigenvalue weighted by Crippen LogP contribution is 2.27. The molecule has 0 bridgehead atoms. The quantitative estimate of drug-likeness (QED) is 0.839. The van der Waals surface area contributed by atoms with Crippen molar-refractivity contribution in [3.63, 3.8) is 0 Å². The van der Waals surface area contributed by atoms with Crippen LogP contribution in [-0.2, 0) is 0 Å². The Kier molecular flexibility index (Phi) is 5.71. The summed E-state index contributed by atoms with van der Waals surface area (Å²) in [5.41, 5.74) is 1.35. The standard InChI is InChI=1S/C17H28N2/c1-3-19(16-12-8-5-9-13-16)14-17(18-2)15-10-6-4-7-11-15/h5,8-9,12-13,15,17-18H,3-4,6-7,10-11,14H2,1-2H3. The first-order valence-corrected chi connectivity index (χ1v) is 7.82. The molecule has 0 saturated heterocycles. The highest BCUT2D eigenvalue weighted by molar-refractivity contribution is 5.46. The molecule has 1 atom stereocenters. The third kappa shape index (κ3) is 3.97. The average molecular weight is 260 g/mol. The summed E-state index contributed by atoms with van der Waals surface area (Å²) in [6.07, 6.45) is 7.07. The monoisotopic (exact) mass is 260 g/mol. The topological polar surface area (TPSA) is 15.3 Å². The van der Waals surface area contributed by atoms with Gasteiger partial charge in [-0.15, -0.1) is 0 Å². The van der Waals surface area contributed by atoms with Gasteiger partial charge in [0.05, 0.1) is 0 Å². The molecule has 106 valence electrons. The van der Waals surface area contributed by atoms with Gasteiger partial charge in [0.1, 0.15) is 0 Å². The second kappa shape index (κ2) is 7.54. The summed E-state index contributed by atoms with van der Waals surface area (Å²) >= 11 is 0. The van der Waals surface area contributed by atoms with Crippen LogP contribution in [0.5, 0.6) is 0 Å². The number of nitrogens with zero attached hydrogens (tertiary/aromatic N) is 1. The molecule has 1 fully saturated rings. The van der Waals surface area contributed by atoms with E-state index in [0.717, 1.165) is 19.0 Å². The maximum atomic E-state index is 3.56. The second-order valence-electron chi connectivity index (χ2n) is 5.67. The normalized spacial score (nSPS) is 18.2. The van der Waals surface area contributed by atoms with Crippen molar-refractivity contribution in [3.05, 3.63) is 30.3 Å². The molecule has 0 amide bonds. The van der Waals surface area contributed by atoms with Crippen LogP contribution in [0, 0.1) is 5.92 Å². The van der Waals surface area contributed by atoms with Crippen molar-refractivity contribution in [1.29, 1.82) is 0 Å². The Morgan fingerprint density at radius 1 is 1.16 bits per heavy atom. The highest BCUT2D eigenvalue weighted by atomic mass is 15.1. The molecule has 2 heteroatoms. The zero-order valence-electron chi connectivity index (χ0n) is 12.4. The highest BCUT2D eigenvalue weighted by Gasteiger charge is 2.24. The molecule has 1 aliphatic carbocycles. The average Bonchev–Trinajstić information content (AvgIpc) is 2.50. The lowest BCUT2D eigenvalue weighted by molar-refractivity contribution is 0.279. The molecular formula is C17H28N2. The van der Waals surface area contributed by atoms with E-state index in [2.05, 4.69) is 54.5 Å². The Bertz CT molecular complexity index is 344. The molecule has 0 spiro atoms. The number of rotatable bonds is 6. The molecule has 1 aliphatic rings. The molecule has 1 saturated carbocycles. The van der Waals surface area contributed by atoms with E-state index < -0.39 is 0 Å². The van der Waals surface area contributed by atoms with Crippen molar-refractivity contribution in [2.75, 3.05) is 25.0 Å². The van der Waals surface area contributed by atoms with Gasteiger partial charge in [0.25, 0.3) is 0 Å². The number of hydrogen-bond donors (Lipinski definition) is 1. The second-order valence-corrected chi connectivity index (χ2v) is 5.67. The predicted octanol–water partition coefficient (Wildman–Crippen LogP) is 3.68. The van der Waals surface area contributed by atoms with E-state index in [1.54, 1.807) is 0 Å². The van der Waals surface area contributed by atoms with Crippen LogP contribution in [0.3, 0.4) is 0 Å². The third-order valence-corrected chi connectivity index (χ3v) is 4.51. The lowest BCUT2D eigenvalue weighted by Gasteiger charge is -2.35. The zero-order chi connectivity index (χ0) is 13.5. The first-order chi connectivity index (χ1) is 9.35. The maximum absolute atomic E-state index is 3.56. The van der Waals surface area contributed by atoms with Crippen molar-refractivity contribution in [2.24, 2.45) is 5.92 Å². The van der Waals surface area contributed by atoms with Gasteiger partial charge in [-0.2, -0.15) is 0 Å². The zero-order valence-corrected chi connectivity index (χ0v) is 12.4. The van der Waals surface area contributed by atoms with Crippen LogP contribution in [0.25, 0.3) is 0 Å². The predicted molar refractivity (Wildman–Crippen MR) is 83.8 cm³/mol. The van der Waals surface area contributed by atoms with E-state index in [1.807, 2.05) is 0 Å². The summed E-state index contributed by atoms with van der Waals surface area (Å²) in [7, 11) is 2.12. The van der Waals surface area contributed by atoms with Gasteiger partial charge in [0.2, 0.25) is 0 Å². The molecule has 19 heavy (non-hydrogen) atoms. The lowest BCUT2D eigenvalue weighted by atomic mass is 9.83. The van der Waals surface area contributed by atoms with E-state index in [9.17, 15) is 0 Å². The van der Waals surface area contributed by atoms with Crippen LogP contribution in [0.1, 0.15) is 39.0 Å². The van der Waals surface area contributed by atoms with Gasteiger partial charge in [0.15, 0.2) is 0 Å². The molecule has 1 aromatic carbocycles. The summed E-state index contributed by atoms with van der Waals surface area (Å²) in [6, 6.07) is 11.4. The Hall–Kier alpha value is -1.02. The van der Waals surface area contributed by atoms with Gasteiger partial charge in [-0.25, -0.2) is 0 Å². The fourth-order valence-electron chi connectivity index (χ4n) is 3.31. The van der Waals surface area contributed by atoms with E-state index >= 15 is 0 Å². The van der Waals surface area contributed by atoms with Crippen LogP contribution in [0.15, 0.2) is 30.3 Å². The summed E-state index contributed by atoms with van der Waals surface area (Å²) in [6.45, 7) is 4.46. The fraction of sp³-hybridized carbons (Fsp3) is 0.647. The van der Waals surface area contributed by atoms with Crippen LogP contribution in [0.4, 0.5) is 5.69 Å². The van der Waals surface area contributed by atoms with Gasteiger partial charge in [-0.05, 0) is 44.9 Å². The summed E-state index contributed by atoms with van der Waals surface area (Å²) in [5, 5.41) is 3.56. The van der Waals surface area contributed by atoms with Gasteiger partial charge in [-0.1, -0.05) is 37.5 Å². The van der Waals surface area contributed by atoms with Crippen LogP contribution >= 0.6 is 0 Å². The van der Waals surface area contributed by atoms with Crippen molar-refractivity contribution in [3.8, 4) is 0 Å². The number of para-hydroxylation sites is 1. The molecule has 0 aliphatic heterocycles. The molecule has 2 rings (SSSR count). The summed E-state index contributed by atoms with van der Waals surface area (Å²) in [5.74, 6) is 0.858. The van der Waals surface area contributed by atoms with Gasteiger partial charge in [0, 0.05) is 24.8 Å². The Morgan fingerprint density at radius 3 is 2.42 bits per heavy atom. The molecule has 1 N–H and O–H groups in total. The molecule has 0 radical (unpaired) electrons. The van der Waals surface area contributed by atoms with Crippen molar-refractivity contribution < 1.29 is 0 Å². The molecule has 0 aromatic heterocycles. The fourth-order valence-corrected chi connectivity index (χ4v) is 3.31. The lowest BCUT2D eigenvalue weighted by Crippen LogP contribution is -2.45. The van der Waals surface area contributed by atoms with Gasteiger partial charge in [-0.3, -0.25) is 0 Å². The third-order valence-electron chi connectivity index (χ3n) is 4.51. The minimum absolute atomic E-state index is 0.625. The largest absolute Gasteiger partial charge is 0.370 e. The molecule has 0 heterocycles. The van der Waals surface area contributed by atoms with Crippen molar-refractivity contribution in [2.45, 2.75) is 45.1 Å². The Labute approximate surface area is 118 Å². The van der Waals surface area contributed by atoms with E-state index in [0.29, 0.717) is 6.04 Å². The van der Waals surface area contributed by atoms with E-state index in [1.165, 1.54) is 37.8 Å². The number of benzene rings is 1. The molecule has 2 nitrogen and oxygen atoms in total. The number of likely N-dealkylation sites (N-methyl/N-ethyl adjacent to an activating group) is 2. The smallest absolute Gasteiger partial charge is 0.0366 e. The first kappa shape index (κ1) is 14.4. The molecule has 1 unspecified atom stereocenters. The number of anilines is 1. The van der Waals surface area contributed by atoms with Crippen molar-refractivity contribution in [1.82, 2.24) is 5.32 Å². The SMILES string of the molecule is CCN(CC(NC)C1CCCCC1)c1ccccc1. The Morgan fingerprint density at radius 2 is 1.84 bits per heavy atom. The van der Waals surface area contributed by atoms with E-state index in [-0.39, 0.29) is 0 Å². The van der Waals surface area contributed by atoms with Crippen molar-refractivity contribution >= 4 is 5.69 Å². The van der Waals surface area contributed by atoms with Gasteiger partial charge < -0.3 is 10.2 Å². The molecule has 1 aromatic rings. The minimum atomic E-state index is 0.625. The Balaban J connectivity index is 1.99. The minimum Gasteiger partial charge on any atom is -0.370 e. The summed E-state index contributed by atoms with van der Waals surface area (Å²) < 4.78 is 0. The summed E-state index contributed by atoms with van der Waals surface area (Å²) in [4.78, 5) is 2.50. The molecular weight excluding hydrogens is 232 g/mol. The number of hydrogen-bond acceptors (Lipinski definition) is 2. The number of nitrogens with one attached hydrogen (secondary N) is 1. The maximum Gasteiger partial charge on any atom is 0.0366 e.